The van der Waals surface area contributed by atoms with Gasteiger partial charge in [-0.15, -0.1) is 0 Å². The Morgan fingerprint density at radius 2 is 1.86 bits per heavy atom. The highest BCUT2D eigenvalue weighted by molar-refractivity contribution is 5.81. The fourth-order valence-electron chi connectivity index (χ4n) is 4.51. The number of fused-ring (bicyclic) bond motifs is 1. The molecule has 1 saturated heterocycles. The van der Waals surface area contributed by atoms with E-state index < -0.39 is 0 Å². The molecule has 2 heterocycles. The van der Waals surface area contributed by atoms with Crippen molar-refractivity contribution >= 4 is 10.9 Å². The molecule has 2 aromatic rings. The minimum atomic E-state index is 0.732. The van der Waals surface area contributed by atoms with Gasteiger partial charge in [0.05, 0.1) is 0 Å². The molecule has 1 aliphatic carbocycles. The zero-order chi connectivity index (χ0) is 14.9. The van der Waals surface area contributed by atoms with Gasteiger partial charge in [-0.05, 0) is 68.8 Å². The van der Waals surface area contributed by atoms with E-state index in [9.17, 15) is 0 Å². The molecule has 2 nitrogen and oxygen atoms in total. The number of hydrogen-bond donors (Lipinski definition) is 0. The molecule has 2 aliphatic rings. The molecule has 1 aromatic heterocycles. The Bertz CT molecular complexity index is 636. The van der Waals surface area contributed by atoms with Crippen LogP contribution in [0.25, 0.3) is 10.9 Å². The monoisotopic (exact) mass is 296 g/mol. The van der Waals surface area contributed by atoms with Crippen molar-refractivity contribution < 1.29 is 0 Å². The third kappa shape index (κ3) is 2.69. The normalized spacial score (nSPS) is 24.3. The van der Waals surface area contributed by atoms with Gasteiger partial charge >= 0.3 is 0 Å². The van der Waals surface area contributed by atoms with Gasteiger partial charge in [-0.2, -0.15) is 0 Å². The quantitative estimate of drug-likeness (QED) is 0.791. The van der Waals surface area contributed by atoms with Gasteiger partial charge in [0, 0.05) is 23.8 Å². The van der Waals surface area contributed by atoms with Crippen molar-refractivity contribution in [2.24, 2.45) is 0 Å². The number of likely N-dealkylation sites (tertiary alicyclic amines) is 1. The van der Waals surface area contributed by atoms with E-state index in [0.717, 1.165) is 12.1 Å². The first-order chi connectivity index (χ1) is 10.8. The van der Waals surface area contributed by atoms with Crippen molar-refractivity contribution in [2.45, 2.75) is 63.5 Å². The van der Waals surface area contributed by atoms with Crippen LogP contribution in [0.3, 0.4) is 0 Å². The molecule has 0 radical (unpaired) electrons. The van der Waals surface area contributed by atoms with Crippen molar-refractivity contribution in [1.29, 1.82) is 0 Å². The molecule has 22 heavy (non-hydrogen) atoms. The number of likely N-dealkylation sites (N-methyl/N-ethyl adjacent to an activating group) is 1. The van der Waals surface area contributed by atoms with E-state index >= 15 is 0 Å². The molecule has 0 N–H and O–H groups in total. The lowest BCUT2D eigenvalue weighted by molar-refractivity contribution is 0.309. The Labute approximate surface area is 134 Å². The van der Waals surface area contributed by atoms with Crippen molar-refractivity contribution in [3.8, 4) is 0 Å². The van der Waals surface area contributed by atoms with Crippen LogP contribution in [-0.2, 0) is 6.42 Å². The predicted molar refractivity (Wildman–Crippen MR) is 93.4 cm³/mol. The van der Waals surface area contributed by atoms with E-state index in [1.807, 2.05) is 0 Å². The van der Waals surface area contributed by atoms with Crippen LogP contribution in [0.4, 0.5) is 0 Å². The summed E-state index contributed by atoms with van der Waals surface area (Å²) in [5, 5.41) is 1.41. The maximum absolute atomic E-state index is 2.57. The molecule has 0 bridgehead atoms. The molecular formula is C20H28N2. The number of hydrogen-bond acceptors (Lipinski definition) is 1. The minimum Gasteiger partial charge on any atom is -0.344 e. The summed E-state index contributed by atoms with van der Waals surface area (Å²) in [6.07, 6.45) is 13.2. The maximum atomic E-state index is 2.57. The number of rotatable bonds is 3. The highest BCUT2D eigenvalue weighted by Crippen LogP contribution is 2.32. The summed E-state index contributed by atoms with van der Waals surface area (Å²) in [5.41, 5.74) is 2.98. The van der Waals surface area contributed by atoms with E-state index in [4.69, 9.17) is 0 Å². The summed E-state index contributed by atoms with van der Waals surface area (Å²) >= 11 is 0. The Hall–Kier alpha value is -1.28. The maximum Gasteiger partial charge on any atom is 0.0485 e. The number of benzene rings is 1. The first-order valence-corrected chi connectivity index (χ1v) is 9.11. The first-order valence-electron chi connectivity index (χ1n) is 9.11. The van der Waals surface area contributed by atoms with E-state index in [2.05, 4.69) is 47.0 Å². The van der Waals surface area contributed by atoms with Gasteiger partial charge < -0.3 is 9.47 Å². The molecule has 1 unspecified atom stereocenters. The summed E-state index contributed by atoms with van der Waals surface area (Å²) in [7, 11) is 2.28. The van der Waals surface area contributed by atoms with Crippen LogP contribution in [0.15, 0.2) is 30.5 Å². The van der Waals surface area contributed by atoms with Gasteiger partial charge in [-0.1, -0.05) is 31.4 Å². The zero-order valence-corrected chi connectivity index (χ0v) is 13.8. The molecular weight excluding hydrogens is 268 g/mol. The van der Waals surface area contributed by atoms with Gasteiger partial charge in [0.25, 0.3) is 0 Å². The average Bonchev–Trinajstić information content (AvgIpc) is 3.15. The summed E-state index contributed by atoms with van der Waals surface area (Å²) < 4.78 is 2.57. The lowest BCUT2D eigenvalue weighted by atomic mass is 9.95. The Kier molecular flexibility index (Phi) is 3.96. The number of aromatic nitrogens is 1. The Morgan fingerprint density at radius 1 is 1.00 bits per heavy atom. The summed E-state index contributed by atoms with van der Waals surface area (Å²) in [5.74, 6) is 0. The Balaban J connectivity index is 1.61. The molecule has 118 valence electrons. The van der Waals surface area contributed by atoms with E-state index in [1.54, 1.807) is 0 Å². The second kappa shape index (κ2) is 6.08. The highest BCUT2D eigenvalue weighted by atomic mass is 15.1. The van der Waals surface area contributed by atoms with Crippen LogP contribution < -0.4 is 0 Å². The van der Waals surface area contributed by atoms with Crippen molar-refractivity contribution in [2.75, 3.05) is 13.6 Å². The van der Waals surface area contributed by atoms with Crippen LogP contribution in [0, 0.1) is 0 Å². The standard InChI is InChI=1S/C20H28N2/c1-21-12-5-8-19(21)14-16-9-10-17-11-13-22(20(17)15-16)18-6-3-2-4-7-18/h9-11,13,15,18-19H,2-8,12,14H2,1H3. The van der Waals surface area contributed by atoms with E-state index in [-0.39, 0.29) is 0 Å². The zero-order valence-electron chi connectivity index (χ0n) is 13.8. The van der Waals surface area contributed by atoms with Crippen molar-refractivity contribution in [1.82, 2.24) is 9.47 Å². The summed E-state index contributed by atoms with van der Waals surface area (Å²) in [6.45, 7) is 1.27. The minimum absolute atomic E-state index is 0.732. The molecule has 2 heteroatoms. The molecule has 0 amide bonds. The third-order valence-corrected chi connectivity index (χ3v) is 5.90. The van der Waals surface area contributed by atoms with Crippen LogP contribution in [-0.4, -0.2) is 29.1 Å². The van der Waals surface area contributed by atoms with Gasteiger partial charge in [0.15, 0.2) is 0 Å². The second-order valence-corrected chi connectivity index (χ2v) is 7.39. The van der Waals surface area contributed by atoms with Crippen LogP contribution in [0.5, 0.6) is 0 Å². The van der Waals surface area contributed by atoms with Gasteiger partial charge in [0.1, 0.15) is 0 Å². The van der Waals surface area contributed by atoms with Crippen LogP contribution in [0.2, 0.25) is 0 Å². The van der Waals surface area contributed by atoms with Gasteiger partial charge in [-0.25, -0.2) is 0 Å². The molecule has 0 spiro atoms. The Morgan fingerprint density at radius 3 is 2.64 bits per heavy atom. The molecule has 4 rings (SSSR count). The van der Waals surface area contributed by atoms with Crippen LogP contribution in [0.1, 0.15) is 56.6 Å². The number of nitrogens with zero attached hydrogens (tertiary/aromatic N) is 2. The molecule has 1 aliphatic heterocycles. The summed E-state index contributed by atoms with van der Waals surface area (Å²) in [6, 6.07) is 10.9. The lowest BCUT2D eigenvalue weighted by Crippen LogP contribution is -2.26. The molecule has 1 saturated carbocycles. The van der Waals surface area contributed by atoms with Crippen molar-refractivity contribution in [3.63, 3.8) is 0 Å². The highest BCUT2D eigenvalue weighted by Gasteiger charge is 2.21. The SMILES string of the molecule is CN1CCCC1Cc1ccc2ccn(C3CCCCC3)c2c1. The molecule has 1 aromatic carbocycles. The fourth-order valence-corrected chi connectivity index (χ4v) is 4.51. The van der Waals surface area contributed by atoms with Gasteiger partial charge in [0.2, 0.25) is 0 Å². The third-order valence-electron chi connectivity index (χ3n) is 5.90. The van der Waals surface area contributed by atoms with Crippen molar-refractivity contribution in [3.05, 3.63) is 36.0 Å². The van der Waals surface area contributed by atoms with E-state index in [1.165, 1.54) is 74.4 Å². The lowest BCUT2D eigenvalue weighted by Gasteiger charge is -2.24. The smallest absolute Gasteiger partial charge is 0.0485 e. The van der Waals surface area contributed by atoms with Crippen LogP contribution >= 0.6 is 0 Å². The fraction of sp³-hybridized carbons (Fsp3) is 0.600. The predicted octanol–water partition coefficient (Wildman–Crippen LogP) is 4.78. The van der Waals surface area contributed by atoms with E-state index in [0.29, 0.717) is 0 Å². The topological polar surface area (TPSA) is 8.17 Å². The molecule has 2 fully saturated rings. The largest absolute Gasteiger partial charge is 0.344 e. The second-order valence-electron chi connectivity index (χ2n) is 7.39. The van der Waals surface area contributed by atoms with Gasteiger partial charge in [-0.3, -0.25) is 0 Å². The molecule has 1 atom stereocenters. The average molecular weight is 296 g/mol. The summed E-state index contributed by atoms with van der Waals surface area (Å²) in [4.78, 5) is 2.53. The first kappa shape index (κ1) is 14.3.